The van der Waals surface area contributed by atoms with Gasteiger partial charge in [0, 0.05) is 19.0 Å². The average molecular weight is 299 g/mol. The molecule has 0 bridgehead atoms. The van der Waals surface area contributed by atoms with Crippen LogP contribution in [0, 0.1) is 0 Å². The van der Waals surface area contributed by atoms with Gasteiger partial charge in [-0.1, -0.05) is 36.4 Å². The van der Waals surface area contributed by atoms with Crippen molar-refractivity contribution in [3.8, 4) is 11.3 Å². The fraction of sp³-hybridized carbons (Fsp3) is 0.176. The van der Waals surface area contributed by atoms with Crippen LogP contribution in [0.1, 0.15) is 29.5 Å². The zero-order valence-corrected chi connectivity index (χ0v) is 12.2. The number of furan rings is 1. The summed E-state index contributed by atoms with van der Waals surface area (Å²) in [6, 6.07) is 10.7. The second kappa shape index (κ2) is 7.26. The van der Waals surface area contributed by atoms with Gasteiger partial charge in [-0.15, -0.1) is 0 Å². The summed E-state index contributed by atoms with van der Waals surface area (Å²) in [4.78, 5) is 21.5. The summed E-state index contributed by atoms with van der Waals surface area (Å²) in [7, 11) is 0. The third-order valence-electron chi connectivity index (χ3n) is 3.01. The van der Waals surface area contributed by atoms with Crippen molar-refractivity contribution >= 4 is 18.0 Å². The van der Waals surface area contributed by atoms with E-state index < -0.39 is 5.97 Å². The Morgan fingerprint density at radius 1 is 1.18 bits per heavy atom. The van der Waals surface area contributed by atoms with Crippen LogP contribution in [0.2, 0.25) is 0 Å². The van der Waals surface area contributed by atoms with Gasteiger partial charge in [0.1, 0.15) is 5.76 Å². The lowest BCUT2D eigenvalue weighted by Gasteiger charge is -1.99. The van der Waals surface area contributed by atoms with Crippen LogP contribution >= 0.6 is 0 Å². The van der Waals surface area contributed by atoms with Gasteiger partial charge < -0.3 is 14.8 Å². The topological polar surface area (TPSA) is 79.5 Å². The quantitative estimate of drug-likeness (QED) is 0.803. The minimum absolute atomic E-state index is 0.0306. The number of hydrogen-bond donors (Lipinski definition) is 2. The van der Waals surface area contributed by atoms with Crippen LogP contribution in [0.15, 0.2) is 46.9 Å². The Kier molecular flexibility index (Phi) is 5.14. The lowest BCUT2D eigenvalue weighted by molar-refractivity contribution is -0.118. The maximum Gasteiger partial charge on any atom is 0.371 e. The van der Waals surface area contributed by atoms with Gasteiger partial charge >= 0.3 is 5.97 Å². The van der Waals surface area contributed by atoms with Crippen LogP contribution in [-0.4, -0.2) is 23.5 Å². The van der Waals surface area contributed by atoms with E-state index in [4.69, 9.17) is 9.52 Å². The zero-order chi connectivity index (χ0) is 15.9. The van der Waals surface area contributed by atoms with Gasteiger partial charge in [0.05, 0.1) is 0 Å². The Labute approximate surface area is 128 Å². The largest absolute Gasteiger partial charge is 0.475 e. The monoisotopic (exact) mass is 299 g/mol. The summed E-state index contributed by atoms with van der Waals surface area (Å²) in [6.07, 6.45) is 4.72. The van der Waals surface area contributed by atoms with Gasteiger partial charge in [-0.2, -0.15) is 0 Å². The van der Waals surface area contributed by atoms with Crippen LogP contribution in [0.25, 0.3) is 17.4 Å². The van der Waals surface area contributed by atoms with Crippen molar-refractivity contribution in [3.05, 3.63) is 53.8 Å². The molecule has 0 fully saturated rings. The zero-order valence-electron chi connectivity index (χ0n) is 12.2. The molecular weight excluding hydrogens is 282 g/mol. The summed E-state index contributed by atoms with van der Waals surface area (Å²) in [5.41, 5.74) is 1.85. The first-order chi connectivity index (χ1) is 10.6. The van der Waals surface area contributed by atoms with Gasteiger partial charge in [-0.05, 0) is 24.1 Å². The summed E-state index contributed by atoms with van der Waals surface area (Å²) >= 11 is 0. The molecule has 2 N–H and O–H groups in total. The molecule has 2 rings (SSSR count). The number of rotatable bonds is 6. The van der Waals surface area contributed by atoms with Crippen LogP contribution in [0.5, 0.6) is 0 Å². The van der Waals surface area contributed by atoms with Crippen molar-refractivity contribution in [2.45, 2.75) is 13.3 Å². The third kappa shape index (κ3) is 4.34. The van der Waals surface area contributed by atoms with Gasteiger partial charge in [0.2, 0.25) is 11.7 Å². The second-order valence-electron chi connectivity index (χ2n) is 4.77. The average Bonchev–Trinajstić information content (AvgIpc) is 2.97. The first kappa shape index (κ1) is 15.6. The second-order valence-corrected chi connectivity index (χ2v) is 4.77. The molecule has 1 aromatic heterocycles. The number of carbonyl (C=O) groups excluding carboxylic acids is 1. The summed E-state index contributed by atoms with van der Waals surface area (Å²) in [6.45, 7) is 2.11. The number of carboxylic acids is 1. The maximum atomic E-state index is 10.8. The molecular formula is C17H17NO4. The number of benzene rings is 1. The number of hydrogen-bond acceptors (Lipinski definition) is 3. The summed E-state index contributed by atoms with van der Waals surface area (Å²) in [5, 5.41) is 11.6. The van der Waals surface area contributed by atoms with Crippen molar-refractivity contribution in [1.82, 2.24) is 5.32 Å². The molecule has 5 heteroatoms. The highest BCUT2D eigenvalue weighted by Crippen LogP contribution is 2.22. The Hall–Kier alpha value is -2.82. The predicted octanol–water partition coefficient (Wildman–Crippen LogP) is 3.18. The van der Waals surface area contributed by atoms with E-state index in [0.29, 0.717) is 12.3 Å². The van der Waals surface area contributed by atoms with Crippen molar-refractivity contribution in [3.63, 3.8) is 0 Å². The van der Waals surface area contributed by atoms with Crippen LogP contribution in [0.3, 0.4) is 0 Å². The van der Waals surface area contributed by atoms with Crippen molar-refractivity contribution in [2.24, 2.45) is 0 Å². The van der Waals surface area contributed by atoms with E-state index in [1.165, 1.54) is 13.0 Å². The molecule has 0 saturated carbocycles. The van der Waals surface area contributed by atoms with Gasteiger partial charge in [0.25, 0.3) is 0 Å². The number of amides is 1. The van der Waals surface area contributed by atoms with E-state index in [1.54, 1.807) is 6.07 Å². The molecule has 5 nitrogen and oxygen atoms in total. The lowest BCUT2D eigenvalue weighted by atomic mass is 10.1. The van der Waals surface area contributed by atoms with Crippen LogP contribution in [0.4, 0.5) is 0 Å². The molecule has 1 amide bonds. The van der Waals surface area contributed by atoms with E-state index in [0.717, 1.165) is 17.5 Å². The lowest BCUT2D eigenvalue weighted by Crippen LogP contribution is -2.20. The van der Waals surface area contributed by atoms with Gasteiger partial charge in [-0.3, -0.25) is 4.79 Å². The van der Waals surface area contributed by atoms with Crippen molar-refractivity contribution in [2.75, 3.05) is 6.54 Å². The summed E-state index contributed by atoms with van der Waals surface area (Å²) in [5.74, 6) is -0.655. The first-order valence-electron chi connectivity index (χ1n) is 6.91. The van der Waals surface area contributed by atoms with Crippen molar-refractivity contribution < 1.29 is 19.1 Å². The minimum Gasteiger partial charge on any atom is -0.475 e. The Balaban J connectivity index is 1.96. The Morgan fingerprint density at radius 2 is 1.91 bits per heavy atom. The Morgan fingerprint density at radius 3 is 2.50 bits per heavy atom. The molecule has 0 spiro atoms. The van der Waals surface area contributed by atoms with Crippen LogP contribution in [-0.2, 0) is 4.79 Å². The van der Waals surface area contributed by atoms with E-state index in [-0.39, 0.29) is 11.7 Å². The van der Waals surface area contributed by atoms with E-state index in [1.807, 2.05) is 36.4 Å². The van der Waals surface area contributed by atoms with Gasteiger partial charge in [-0.25, -0.2) is 4.79 Å². The molecule has 0 radical (unpaired) electrons. The molecule has 2 aromatic rings. The number of aromatic carboxylic acids is 1. The predicted molar refractivity (Wildman–Crippen MR) is 83.4 cm³/mol. The van der Waals surface area contributed by atoms with Crippen LogP contribution < -0.4 is 5.32 Å². The van der Waals surface area contributed by atoms with E-state index >= 15 is 0 Å². The smallest absolute Gasteiger partial charge is 0.371 e. The minimum atomic E-state index is -1.08. The molecule has 0 saturated heterocycles. The molecule has 1 heterocycles. The van der Waals surface area contributed by atoms with Gasteiger partial charge in [0.15, 0.2) is 0 Å². The van der Waals surface area contributed by atoms with E-state index in [2.05, 4.69) is 5.32 Å². The molecule has 1 aromatic carbocycles. The number of carboxylic acid groups (broad SMARTS) is 1. The molecule has 0 atom stereocenters. The standard InChI is InChI=1S/C17H17NO4/c1-12(19)18-11-3-2-4-13-5-7-14(8-6-13)15-9-10-16(22-15)17(20)21/h2,4-10H,3,11H2,1H3,(H,18,19)(H,20,21). The molecule has 0 aliphatic heterocycles. The number of nitrogens with one attached hydrogen (secondary N) is 1. The Bertz CT molecular complexity index is 683. The molecule has 0 aliphatic carbocycles. The highest BCUT2D eigenvalue weighted by molar-refractivity contribution is 5.85. The molecule has 114 valence electrons. The van der Waals surface area contributed by atoms with Crippen molar-refractivity contribution in [1.29, 1.82) is 0 Å². The maximum absolute atomic E-state index is 10.8. The fourth-order valence-corrected chi connectivity index (χ4v) is 1.92. The highest BCUT2D eigenvalue weighted by atomic mass is 16.4. The highest BCUT2D eigenvalue weighted by Gasteiger charge is 2.09. The third-order valence-corrected chi connectivity index (χ3v) is 3.01. The first-order valence-corrected chi connectivity index (χ1v) is 6.91. The number of carbonyl (C=O) groups is 2. The van der Waals surface area contributed by atoms with E-state index in [9.17, 15) is 9.59 Å². The molecule has 0 unspecified atom stereocenters. The fourth-order valence-electron chi connectivity index (χ4n) is 1.92. The SMILES string of the molecule is CC(=O)NCCC=Cc1ccc(-c2ccc(C(=O)O)o2)cc1. The molecule has 0 aliphatic rings. The summed E-state index contributed by atoms with van der Waals surface area (Å²) < 4.78 is 5.25. The molecule has 22 heavy (non-hydrogen) atoms. The normalized spacial score (nSPS) is 10.8.